The van der Waals surface area contributed by atoms with Gasteiger partial charge < -0.3 is 5.32 Å². The van der Waals surface area contributed by atoms with Gasteiger partial charge in [0.15, 0.2) is 5.11 Å². The lowest BCUT2D eigenvalue weighted by Crippen LogP contribution is -2.19. The number of hydrogen-bond donors (Lipinski definition) is 1. The predicted molar refractivity (Wildman–Crippen MR) is 54.6 cm³/mol. The van der Waals surface area contributed by atoms with Crippen LogP contribution in [-0.2, 0) is 4.79 Å². The molecule has 0 saturated carbocycles. The molecular weight excluding hydrogens is 184 g/mol. The third-order valence-electron chi connectivity index (χ3n) is 2.02. The van der Waals surface area contributed by atoms with Crippen molar-refractivity contribution >= 4 is 28.8 Å². The molecule has 0 bridgehead atoms. The van der Waals surface area contributed by atoms with Crippen LogP contribution in [0.15, 0.2) is 28.9 Å². The SMILES string of the molecule is CC(=O)C1C=CC2=NC(=S)NC2=C1. The number of nitrogens with zero attached hydrogens (tertiary/aromatic N) is 1. The largest absolute Gasteiger partial charge is 0.329 e. The first-order chi connectivity index (χ1) is 6.16. The number of carbonyl (C=O) groups is 1. The van der Waals surface area contributed by atoms with Crippen molar-refractivity contribution in [2.24, 2.45) is 10.9 Å². The van der Waals surface area contributed by atoms with Gasteiger partial charge in [0.05, 0.1) is 17.3 Å². The minimum atomic E-state index is -0.137. The number of thiocarbonyl (C=S) groups is 1. The molecule has 0 aromatic rings. The molecule has 0 radical (unpaired) electrons. The molecule has 0 saturated heterocycles. The van der Waals surface area contributed by atoms with Crippen LogP contribution in [0.5, 0.6) is 0 Å². The Morgan fingerprint density at radius 3 is 3.15 bits per heavy atom. The van der Waals surface area contributed by atoms with Crippen LogP contribution in [0.25, 0.3) is 0 Å². The van der Waals surface area contributed by atoms with Crippen molar-refractivity contribution in [3.8, 4) is 0 Å². The molecule has 0 amide bonds. The summed E-state index contributed by atoms with van der Waals surface area (Å²) in [7, 11) is 0. The molecule has 1 aliphatic heterocycles. The van der Waals surface area contributed by atoms with Crippen LogP contribution in [-0.4, -0.2) is 16.6 Å². The molecule has 1 N–H and O–H groups in total. The number of fused-ring (bicyclic) bond motifs is 1. The molecule has 66 valence electrons. The summed E-state index contributed by atoms with van der Waals surface area (Å²) in [5, 5.41) is 3.39. The van der Waals surface area contributed by atoms with Gasteiger partial charge in [0.25, 0.3) is 0 Å². The second-order valence-electron chi connectivity index (χ2n) is 3.00. The van der Waals surface area contributed by atoms with E-state index in [2.05, 4.69) is 10.3 Å². The van der Waals surface area contributed by atoms with Crippen LogP contribution in [0.4, 0.5) is 0 Å². The maximum Gasteiger partial charge on any atom is 0.197 e. The first kappa shape index (κ1) is 8.31. The quantitative estimate of drug-likeness (QED) is 0.629. The average Bonchev–Trinajstić information content (AvgIpc) is 2.42. The summed E-state index contributed by atoms with van der Waals surface area (Å²) in [4.78, 5) is 15.1. The molecule has 1 heterocycles. The zero-order valence-corrected chi connectivity index (χ0v) is 7.89. The third-order valence-corrected chi connectivity index (χ3v) is 2.21. The van der Waals surface area contributed by atoms with Gasteiger partial charge in [-0.1, -0.05) is 6.08 Å². The van der Waals surface area contributed by atoms with Gasteiger partial charge in [0, 0.05) is 0 Å². The summed E-state index contributed by atoms with van der Waals surface area (Å²) >= 11 is 4.88. The third kappa shape index (κ3) is 1.45. The van der Waals surface area contributed by atoms with Crippen molar-refractivity contribution in [1.29, 1.82) is 0 Å². The van der Waals surface area contributed by atoms with Crippen molar-refractivity contribution in [3.63, 3.8) is 0 Å². The average molecular weight is 192 g/mol. The fourth-order valence-electron chi connectivity index (χ4n) is 1.31. The summed E-state index contributed by atoms with van der Waals surface area (Å²) < 4.78 is 0. The Labute approximate surface area is 81.2 Å². The van der Waals surface area contributed by atoms with Gasteiger partial charge in [0.1, 0.15) is 5.78 Å². The predicted octanol–water partition coefficient (Wildman–Crippen LogP) is 0.974. The Balaban J connectivity index is 2.32. The molecule has 2 rings (SSSR count). The highest BCUT2D eigenvalue weighted by atomic mass is 32.1. The molecule has 0 fully saturated rings. The Hall–Kier alpha value is -1.29. The molecule has 2 aliphatic rings. The van der Waals surface area contributed by atoms with E-state index in [9.17, 15) is 4.79 Å². The first-order valence-electron chi connectivity index (χ1n) is 3.97. The van der Waals surface area contributed by atoms with Gasteiger partial charge in [0.2, 0.25) is 0 Å². The second kappa shape index (κ2) is 2.88. The minimum absolute atomic E-state index is 0.127. The lowest BCUT2D eigenvalue weighted by Gasteiger charge is -2.10. The molecule has 1 aliphatic carbocycles. The zero-order chi connectivity index (χ0) is 9.42. The standard InChI is InChI=1S/C9H8N2OS/c1-5(12)6-2-3-7-8(4-6)11-9(13)10-7/h2-4,6H,1H3,(H,11,13). The van der Waals surface area contributed by atoms with E-state index in [1.54, 1.807) is 6.92 Å². The van der Waals surface area contributed by atoms with Gasteiger partial charge in [-0.25, -0.2) is 4.99 Å². The fraction of sp³-hybridized carbons (Fsp3) is 0.222. The van der Waals surface area contributed by atoms with E-state index < -0.39 is 0 Å². The molecule has 4 heteroatoms. The highest BCUT2D eigenvalue weighted by molar-refractivity contribution is 7.80. The van der Waals surface area contributed by atoms with Gasteiger partial charge in [-0.05, 0) is 31.3 Å². The maximum absolute atomic E-state index is 11.1. The summed E-state index contributed by atoms with van der Waals surface area (Å²) in [6, 6.07) is 0. The van der Waals surface area contributed by atoms with Crippen LogP contribution < -0.4 is 5.32 Å². The number of aliphatic imine (C=N–C) groups is 1. The number of carbonyl (C=O) groups excluding carboxylic acids is 1. The van der Waals surface area contributed by atoms with Crippen LogP contribution >= 0.6 is 12.2 Å². The number of Topliss-reactive ketones (excluding diaryl/α,β-unsaturated/α-hetero) is 1. The normalized spacial score (nSPS) is 24.7. The van der Waals surface area contributed by atoms with E-state index in [4.69, 9.17) is 12.2 Å². The summed E-state index contributed by atoms with van der Waals surface area (Å²) in [6.07, 6.45) is 5.51. The Morgan fingerprint density at radius 1 is 1.69 bits per heavy atom. The van der Waals surface area contributed by atoms with Gasteiger partial charge in [-0.3, -0.25) is 4.79 Å². The first-order valence-corrected chi connectivity index (χ1v) is 4.38. The Bertz CT molecular complexity index is 379. The number of ketones is 1. The number of hydrogen-bond acceptors (Lipinski definition) is 2. The molecule has 0 aromatic carbocycles. The fourth-order valence-corrected chi connectivity index (χ4v) is 1.52. The zero-order valence-electron chi connectivity index (χ0n) is 7.07. The van der Waals surface area contributed by atoms with Crippen molar-refractivity contribution in [2.45, 2.75) is 6.92 Å². The van der Waals surface area contributed by atoms with Crippen LogP contribution in [0.3, 0.4) is 0 Å². The van der Waals surface area contributed by atoms with Crippen molar-refractivity contribution in [1.82, 2.24) is 5.32 Å². The number of rotatable bonds is 1. The summed E-state index contributed by atoms with van der Waals surface area (Å²) in [6.45, 7) is 1.57. The molecule has 1 unspecified atom stereocenters. The summed E-state index contributed by atoms with van der Waals surface area (Å²) in [5.41, 5.74) is 1.68. The Kier molecular flexibility index (Phi) is 1.84. The molecule has 13 heavy (non-hydrogen) atoms. The highest BCUT2D eigenvalue weighted by Gasteiger charge is 2.21. The topological polar surface area (TPSA) is 41.5 Å². The van der Waals surface area contributed by atoms with E-state index in [-0.39, 0.29) is 11.7 Å². The lowest BCUT2D eigenvalue weighted by molar-refractivity contribution is -0.118. The second-order valence-corrected chi connectivity index (χ2v) is 3.39. The smallest absolute Gasteiger partial charge is 0.197 e. The molecule has 1 atom stereocenters. The molecule has 0 spiro atoms. The Morgan fingerprint density at radius 2 is 2.46 bits per heavy atom. The maximum atomic E-state index is 11.1. The minimum Gasteiger partial charge on any atom is -0.329 e. The van der Waals surface area contributed by atoms with E-state index in [0.717, 1.165) is 11.4 Å². The van der Waals surface area contributed by atoms with Gasteiger partial charge in [-0.15, -0.1) is 0 Å². The van der Waals surface area contributed by atoms with Crippen molar-refractivity contribution < 1.29 is 4.79 Å². The van der Waals surface area contributed by atoms with E-state index in [0.29, 0.717) is 5.11 Å². The molecule has 3 nitrogen and oxygen atoms in total. The summed E-state index contributed by atoms with van der Waals surface area (Å²) in [5.74, 6) is -0.00947. The number of nitrogens with one attached hydrogen (secondary N) is 1. The molecule has 0 aromatic heterocycles. The monoisotopic (exact) mass is 192 g/mol. The number of allylic oxidation sites excluding steroid dienone is 3. The molecular formula is C9H8N2OS. The van der Waals surface area contributed by atoms with Crippen LogP contribution in [0, 0.1) is 5.92 Å². The van der Waals surface area contributed by atoms with Crippen LogP contribution in [0.2, 0.25) is 0 Å². The van der Waals surface area contributed by atoms with E-state index in [1.165, 1.54) is 0 Å². The van der Waals surface area contributed by atoms with Crippen molar-refractivity contribution in [2.75, 3.05) is 0 Å². The van der Waals surface area contributed by atoms with Gasteiger partial charge >= 0.3 is 0 Å². The van der Waals surface area contributed by atoms with Crippen LogP contribution in [0.1, 0.15) is 6.92 Å². The van der Waals surface area contributed by atoms with Crippen molar-refractivity contribution in [3.05, 3.63) is 23.9 Å². The van der Waals surface area contributed by atoms with E-state index >= 15 is 0 Å². The van der Waals surface area contributed by atoms with E-state index in [1.807, 2.05) is 18.2 Å². The van der Waals surface area contributed by atoms with Gasteiger partial charge in [-0.2, -0.15) is 0 Å². The lowest BCUT2D eigenvalue weighted by atomic mass is 9.97. The highest BCUT2D eigenvalue weighted by Crippen LogP contribution is 2.17.